The van der Waals surface area contributed by atoms with Gasteiger partial charge in [-0.2, -0.15) is 0 Å². The molecule has 11 heavy (non-hydrogen) atoms. The van der Waals surface area contributed by atoms with Gasteiger partial charge in [0.1, 0.15) is 0 Å². The Morgan fingerprint density at radius 1 is 1.73 bits per heavy atom. The Morgan fingerprint density at radius 2 is 2.36 bits per heavy atom. The largest absolute Gasteiger partial charge is 0.356 e. The van der Waals surface area contributed by atoms with Gasteiger partial charge in [-0.1, -0.05) is 13.8 Å². The van der Waals surface area contributed by atoms with Crippen molar-refractivity contribution in [2.24, 2.45) is 5.92 Å². The molecule has 1 amide bonds. The monoisotopic (exact) mass is 156 g/mol. The molecule has 2 N–H and O–H groups in total. The third-order valence-corrected chi connectivity index (χ3v) is 1.65. The molecule has 3 nitrogen and oxygen atoms in total. The lowest BCUT2D eigenvalue weighted by molar-refractivity contribution is -0.124. The summed E-state index contributed by atoms with van der Waals surface area (Å²) < 4.78 is 0. The second-order valence-corrected chi connectivity index (χ2v) is 2.59. The van der Waals surface area contributed by atoms with Crippen molar-refractivity contribution in [3.05, 3.63) is 0 Å². The lowest BCUT2D eigenvalue weighted by Gasteiger charge is -2.07. The van der Waals surface area contributed by atoms with Crippen LogP contribution in [-0.4, -0.2) is 18.7 Å². The van der Waals surface area contributed by atoms with Crippen LogP contribution in [0.15, 0.2) is 0 Å². The maximum atomic E-state index is 11.1. The Kier molecular flexibility index (Phi) is 5.43. The van der Waals surface area contributed by atoms with E-state index in [4.69, 9.17) is 5.41 Å². The predicted octanol–water partition coefficient (Wildman–Crippen LogP) is 1.19. The highest BCUT2D eigenvalue weighted by Crippen LogP contribution is 1.98. The number of amides is 1. The number of hydrogen-bond acceptors (Lipinski definition) is 2. The molecular formula is C8H16N2O. The van der Waals surface area contributed by atoms with Crippen molar-refractivity contribution in [2.75, 3.05) is 6.54 Å². The molecule has 0 aromatic heterocycles. The zero-order valence-electron chi connectivity index (χ0n) is 7.18. The maximum Gasteiger partial charge on any atom is 0.222 e. The molecule has 0 aromatic carbocycles. The normalized spacial score (nSPS) is 12.2. The van der Waals surface area contributed by atoms with Gasteiger partial charge in [0.05, 0.1) is 0 Å². The van der Waals surface area contributed by atoms with Gasteiger partial charge in [-0.25, -0.2) is 0 Å². The molecular weight excluding hydrogens is 140 g/mol. The number of rotatable bonds is 5. The van der Waals surface area contributed by atoms with Crippen molar-refractivity contribution in [3.63, 3.8) is 0 Å². The second kappa shape index (κ2) is 5.89. The molecule has 0 aliphatic carbocycles. The standard InChI is InChI=1S/C8H16N2O/c1-3-7(2)8(11)10-6-4-5-9/h5,7,9H,3-4,6H2,1-2H3,(H,10,11)/t7-/m0/s1. The van der Waals surface area contributed by atoms with E-state index in [1.807, 2.05) is 13.8 Å². The van der Waals surface area contributed by atoms with Gasteiger partial charge in [0.2, 0.25) is 5.91 Å². The summed E-state index contributed by atoms with van der Waals surface area (Å²) in [5, 5.41) is 9.47. The van der Waals surface area contributed by atoms with Crippen LogP contribution in [0.4, 0.5) is 0 Å². The van der Waals surface area contributed by atoms with Gasteiger partial charge in [-0.3, -0.25) is 4.79 Å². The van der Waals surface area contributed by atoms with Gasteiger partial charge in [-0.15, -0.1) is 0 Å². The molecule has 0 fully saturated rings. The third-order valence-electron chi connectivity index (χ3n) is 1.65. The van der Waals surface area contributed by atoms with Crippen molar-refractivity contribution in [1.29, 1.82) is 5.41 Å². The van der Waals surface area contributed by atoms with E-state index in [-0.39, 0.29) is 11.8 Å². The molecule has 0 saturated carbocycles. The van der Waals surface area contributed by atoms with E-state index >= 15 is 0 Å². The number of hydrogen-bond donors (Lipinski definition) is 2. The quantitative estimate of drug-likeness (QED) is 0.456. The Labute approximate surface area is 67.7 Å². The molecule has 0 heterocycles. The molecule has 0 rings (SSSR count). The van der Waals surface area contributed by atoms with Gasteiger partial charge in [0.15, 0.2) is 0 Å². The van der Waals surface area contributed by atoms with Crippen LogP contribution in [0.3, 0.4) is 0 Å². The molecule has 0 radical (unpaired) electrons. The van der Waals surface area contributed by atoms with Gasteiger partial charge >= 0.3 is 0 Å². The van der Waals surface area contributed by atoms with Crippen molar-refractivity contribution in [3.8, 4) is 0 Å². The minimum atomic E-state index is 0.0920. The fourth-order valence-electron chi connectivity index (χ4n) is 0.627. The number of carbonyl (C=O) groups excluding carboxylic acids is 1. The first kappa shape index (κ1) is 10.1. The maximum absolute atomic E-state index is 11.1. The van der Waals surface area contributed by atoms with Crippen LogP contribution in [0.1, 0.15) is 26.7 Å². The summed E-state index contributed by atoms with van der Waals surface area (Å²) >= 11 is 0. The van der Waals surface area contributed by atoms with Gasteiger partial charge in [-0.05, 0) is 19.1 Å². The molecule has 0 bridgehead atoms. The third kappa shape index (κ3) is 4.53. The van der Waals surface area contributed by atoms with E-state index in [1.54, 1.807) is 0 Å². The van der Waals surface area contributed by atoms with Crippen LogP contribution >= 0.6 is 0 Å². The Morgan fingerprint density at radius 3 is 2.82 bits per heavy atom. The molecule has 0 aromatic rings. The molecule has 0 aliphatic rings. The van der Waals surface area contributed by atoms with E-state index in [2.05, 4.69) is 5.32 Å². The Balaban J connectivity index is 3.43. The molecule has 0 aliphatic heterocycles. The first-order chi connectivity index (χ1) is 5.22. The lowest BCUT2D eigenvalue weighted by atomic mass is 10.1. The van der Waals surface area contributed by atoms with Gasteiger partial charge in [0.25, 0.3) is 0 Å². The van der Waals surface area contributed by atoms with Crippen LogP contribution in [0.25, 0.3) is 0 Å². The highest BCUT2D eigenvalue weighted by atomic mass is 16.1. The summed E-state index contributed by atoms with van der Waals surface area (Å²) in [4.78, 5) is 11.1. The Bertz CT molecular complexity index is 134. The fourth-order valence-corrected chi connectivity index (χ4v) is 0.627. The molecule has 3 heteroatoms. The fraction of sp³-hybridized carbons (Fsp3) is 0.750. The lowest BCUT2D eigenvalue weighted by Crippen LogP contribution is -2.29. The molecule has 0 spiro atoms. The molecule has 64 valence electrons. The first-order valence-corrected chi connectivity index (χ1v) is 3.99. The van der Waals surface area contributed by atoms with Crippen LogP contribution in [-0.2, 0) is 4.79 Å². The van der Waals surface area contributed by atoms with Crippen LogP contribution < -0.4 is 5.32 Å². The number of nitrogens with one attached hydrogen (secondary N) is 2. The number of carbonyl (C=O) groups is 1. The van der Waals surface area contributed by atoms with Crippen molar-refractivity contribution in [1.82, 2.24) is 5.32 Å². The summed E-state index contributed by atoms with van der Waals surface area (Å²) in [5.74, 6) is 0.190. The second-order valence-electron chi connectivity index (χ2n) is 2.59. The summed E-state index contributed by atoms with van der Waals surface area (Å²) in [5.41, 5.74) is 0. The topological polar surface area (TPSA) is 53.0 Å². The Hall–Kier alpha value is -0.860. The van der Waals surface area contributed by atoms with Crippen molar-refractivity contribution >= 4 is 12.1 Å². The van der Waals surface area contributed by atoms with E-state index < -0.39 is 0 Å². The van der Waals surface area contributed by atoms with E-state index in [0.29, 0.717) is 13.0 Å². The first-order valence-electron chi connectivity index (χ1n) is 3.99. The summed E-state index contributed by atoms with van der Waals surface area (Å²) in [7, 11) is 0. The zero-order valence-corrected chi connectivity index (χ0v) is 7.18. The summed E-state index contributed by atoms with van der Waals surface area (Å²) in [6, 6.07) is 0. The van der Waals surface area contributed by atoms with Gasteiger partial charge < -0.3 is 10.7 Å². The zero-order chi connectivity index (χ0) is 8.69. The van der Waals surface area contributed by atoms with Crippen LogP contribution in [0, 0.1) is 11.3 Å². The summed E-state index contributed by atoms with van der Waals surface area (Å²) in [6.07, 6.45) is 2.80. The average molecular weight is 156 g/mol. The van der Waals surface area contributed by atoms with Crippen molar-refractivity contribution in [2.45, 2.75) is 26.7 Å². The highest BCUT2D eigenvalue weighted by Gasteiger charge is 2.07. The van der Waals surface area contributed by atoms with Gasteiger partial charge in [0, 0.05) is 12.5 Å². The minimum Gasteiger partial charge on any atom is -0.356 e. The van der Waals surface area contributed by atoms with Crippen molar-refractivity contribution < 1.29 is 4.79 Å². The van der Waals surface area contributed by atoms with E-state index in [1.165, 1.54) is 6.21 Å². The molecule has 1 atom stereocenters. The van der Waals surface area contributed by atoms with E-state index in [9.17, 15) is 4.79 Å². The predicted molar refractivity (Wildman–Crippen MR) is 45.9 cm³/mol. The molecule has 0 unspecified atom stereocenters. The molecule has 0 saturated heterocycles. The van der Waals surface area contributed by atoms with E-state index in [0.717, 1.165) is 6.42 Å². The average Bonchev–Trinajstić information content (AvgIpc) is 2.03. The van der Waals surface area contributed by atoms with Crippen LogP contribution in [0.5, 0.6) is 0 Å². The highest BCUT2D eigenvalue weighted by molar-refractivity contribution is 5.78. The minimum absolute atomic E-state index is 0.0920. The SMILES string of the molecule is CC[C@H](C)C(=O)NCCC=N. The van der Waals surface area contributed by atoms with Crippen LogP contribution in [0.2, 0.25) is 0 Å². The smallest absolute Gasteiger partial charge is 0.222 e. The summed E-state index contributed by atoms with van der Waals surface area (Å²) in [6.45, 7) is 4.48.